The molecule has 1 unspecified atom stereocenters. The number of quaternary nitrogens is 1. The fourth-order valence-corrected chi connectivity index (χ4v) is 5.88. The van der Waals surface area contributed by atoms with E-state index in [1.54, 1.807) is 0 Å². The molecule has 0 fully saturated rings. The van der Waals surface area contributed by atoms with E-state index < -0.39 is 5.91 Å². The minimum Gasteiger partial charge on any atom is -0.365 e. The smallest absolute Gasteiger partial charge is 0.280 e. The molecular weight excluding hydrogens is 358 g/mol. The van der Waals surface area contributed by atoms with Crippen molar-refractivity contribution >= 4 is 28.2 Å². The topological polar surface area (TPSA) is 76.6 Å². The van der Waals surface area contributed by atoms with Crippen LogP contribution in [0.4, 0.5) is 5.00 Å². The summed E-state index contributed by atoms with van der Waals surface area (Å²) in [4.78, 5) is 27.0. The number of likely N-dealkylation sites (N-methyl/N-ethyl adjacent to an activating group) is 1. The van der Waals surface area contributed by atoms with E-state index in [4.69, 9.17) is 5.73 Å². The van der Waals surface area contributed by atoms with E-state index in [0.717, 1.165) is 44.1 Å². The van der Waals surface area contributed by atoms with E-state index in [-0.39, 0.29) is 5.91 Å². The van der Waals surface area contributed by atoms with Crippen LogP contribution in [0.1, 0.15) is 57.2 Å². The lowest BCUT2D eigenvalue weighted by Gasteiger charge is -2.30. The predicted molar refractivity (Wildman–Crippen MR) is 107 cm³/mol. The molecule has 1 heterocycles. The van der Waals surface area contributed by atoms with Gasteiger partial charge < -0.3 is 16.0 Å². The fourth-order valence-electron chi connectivity index (χ4n) is 4.57. The van der Waals surface area contributed by atoms with Crippen LogP contribution in [0, 0.1) is 0 Å². The number of primary amides is 1. The molecule has 2 aliphatic rings. The zero-order chi connectivity index (χ0) is 19.0. The standard InChI is InChI=1S/C21H25N3O2S/c1-24(16-10-4-7-13-6-2-3-8-14(13)16)12-18(25)23-21-19(20(22)26)15-9-5-11-17(15)27-21/h2-3,6,8,16H,4-5,7,9-12H2,1H3,(H2,22,26)(H,23,25)/p+1/t16-/m0/s1. The summed E-state index contributed by atoms with van der Waals surface area (Å²) in [6, 6.07) is 8.89. The first kappa shape index (κ1) is 18.2. The maximum Gasteiger partial charge on any atom is 0.280 e. The van der Waals surface area contributed by atoms with Crippen molar-refractivity contribution in [1.82, 2.24) is 0 Å². The van der Waals surface area contributed by atoms with Crippen molar-refractivity contribution in [3.05, 3.63) is 51.4 Å². The number of rotatable bonds is 5. The Bertz CT molecular complexity index is 890. The Morgan fingerprint density at radius 1 is 1.22 bits per heavy atom. The molecule has 0 saturated carbocycles. The summed E-state index contributed by atoms with van der Waals surface area (Å²) in [6.45, 7) is 0.375. The number of nitrogens with two attached hydrogens (primary N) is 1. The van der Waals surface area contributed by atoms with Crippen molar-refractivity contribution in [3.8, 4) is 0 Å². The Labute approximate surface area is 163 Å². The second-order valence-corrected chi connectivity index (χ2v) is 8.75. The minimum absolute atomic E-state index is 0.0574. The number of nitrogens with one attached hydrogen (secondary N) is 2. The van der Waals surface area contributed by atoms with Gasteiger partial charge in [-0.3, -0.25) is 9.59 Å². The van der Waals surface area contributed by atoms with Crippen LogP contribution >= 0.6 is 11.3 Å². The average Bonchev–Trinajstić information content (AvgIpc) is 3.21. The van der Waals surface area contributed by atoms with Crippen LogP contribution in [0.25, 0.3) is 0 Å². The molecule has 142 valence electrons. The van der Waals surface area contributed by atoms with Gasteiger partial charge in [0.25, 0.3) is 11.8 Å². The van der Waals surface area contributed by atoms with Gasteiger partial charge in [0.1, 0.15) is 11.0 Å². The van der Waals surface area contributed by atoms with E-state index in [1.165, 1.54) is 32.2 Å². The summed E-state index contributed by atoms with van der Waals surface area (Å²) in [6.07, 6.45) is 6.28. The van der Waals surface area contributed by atoms with E-state index in [2.05, 4.69) is 36.6 Å². The molecule has 0 spiro atoms. The SMILES string of the molecule is C[NH+](CC(=O)Nc1sc2c(c1C(N)=O)CCC2)[C@H]1CCCc2ccccc21. The average molecular weight is 385 g/mol. The Balaban J connectivity index is 1.47. The number of hydrogen-bond acceptors (Lipinski definition) is 3. The molecule has 2 atom stereocenters. The number of fused-ring (bicyclic) bond motifs is 2. The Morgan fingerprint density at radius 2 is 2.04 bits per heavy atom. The van der Waals surface area contributed by atoms with Gasteiger partial charge in [0, 0.05) is 16.9 Å². The van der Waals surface area contributed by atoms with E-state index >= 15 is 0 Å². The van der Waals surface area contributed by atoms with Gasteiger partial charge >= 0.3 is 0 Å². The first-order chi connectivity index (χ1) is 13.0. The third-order valence-corrected chi connectivity index (χ3v) is 7.03. The van der Waals surface area contributed by atoms with Crippen LogP contribution in [0.2, 0.25) is 0 Å². The molecule has 27 heavy (non-hydrogen) atoms. The van der Waals surface area contributed by atoms with Gasteiger partial charge in [-0.05, 0) is 43.2 Å². The maximum atomic E-state index is 12.7. The molecule has 1 aromatic carbocycles. The van der Waals surface area contributed by atoms with E-state index in [9.17, 15) is 9.59 Å². The van der Waals surface area contributed by atoms with Crippen LogP contribution in [0.3, 0.4) is 0 Å². The molecular formula is C21H26N3O2S+. The predicted octanol–water partition coefficient (Wildman–Crippen LogP) is 1.87. The molecule has 0 saturated heterocycles. The number of hydrogen-bond donors (Lipinski definition) is 3. The molecule has 2 aliphatic carbocycles. The Morgan fingerprint density at radius 3 is 2.85 bits per heavy atom. The summed E-state index contributed by atoms with van der Waals surface area (Å²) in [5.41, 5.74) is 9.93. The lowest BCUT2D eigenvalue weighted by atomic mass is 9.87. The molecule has 1 aromatic heterocycles. The highest BCUT2D eigenvalue weighted by molar-refractivity contribution is 7.17. The number of benzene rings is 1. The lowest BCUT2D eigenvalue weighted by molar-refractivity contribution is -0.905. The van der Waals surface area contributed by atoms with Crippen LogP contribution < -0.4 is 16.0 Å². The summed E-state index contributed by atoms with van der Waals surface area (Å²) in [7, 11) is 2.08. The summed E-state index contributed by atoms with van der Waals surface area (Å²) >= 11 is 1.51. The van der Waals surface area contributed by atoms with Crippen molar-refractivity contribution in [3.63, 3.8) is 0 Å². The van der Waals surface area contributed by atoms with Crippen LogP contribution in [0.15, 0.2) is 24.3 Å². The van der Waals surface area contributed by atoms with Gasteiger partial charge in [-0.2, -0.15) is 0 Å². The summed E-state index contributed by atoms with van der Waals surface area (Å²) < 4.78 is 0. The van der Waals surface area contributed by atoms with Gasteiger partial charge in [0.2, 0.25) is 0 Å². The van der Waals surface area contributed by atoms with Gasteiger partial charge in [-0.25, -0.2) is 0 Å². The number of thiophene rings is 1. The van der Waals surface area contributed by atoms with Crippen LogP contribution in [0.5, 0.6) is 0 Å². The first-order valence-corrected chi connectivity index (χ1v) is 10.5. The van der Waals surface area contributed by atoms with Crippen molar-refractivity contribution in [2.45, 2.75) is 44.6 Å². The van der Waals surface area contributed by atoms with Crippen molar-refractivity contribution in [2.24, 2.45) is 5.73 Å². The minimum atomic E-state index is -0.438. The van der Waals surface area contributed by atoms with Gasteiger partial charge in [-0.15, -0.1) is 11.3 Å². The van der Waals surface area contributed by atoms with Crippen molar-refractivity contribution < 1.29 is 14.5 Å². The lowest BCUT2D eigenvalue weighted by Crippen LogP contribution is -3.10. The third kappa shape index (κ3) is 3.51. The van der Waals surface area contributed by atoms with Crippen molar-refractivity contribution in [2.75, 3.05) is 18.9 Å². The number of carbonyl (C=O) groups excluding carboxylic acids is 2. The largest absolute Gasteiger partial charge is 0.365 e. The Kier molecular flexibility index (Phi) is 5.02. The molecule has 0 aliphatic heterocycles. The molecule has 6 heteroatoms. The number of carbonyl (C=O) groups is 2. The molecule has 2 aromatic rings. The number of amides is 2. The highest BCUT2D eigenvalue weighted by Crippen LogP contribution is 2.38. The molecule has 5 nitrogen and oxygen atoms in total. The third-order valence-electron chi connectivity index (χ3n) is 5.82. The van der Waals surface area contributed by atoms with Crippen LogP contribution in [-0.4, -0.2) is 25.4 Å². The molecule has 0 radical (unpaired) electrons. The highest BCUT2D eigenvalue weighted by Gasteiger charge is 2.30. The second-order valence-electron chi connectivity index (χ2n) is 7.64. The first-order valence-electron chi connectivity index (χ1n) is 9.69. The Hall–Kier alpha value is -2.18. The van der Waals surface area contributed by atoms with Gasteiger partial charge in [-0.1, -0.05) is 24.3 Å². The second kappa shape index (κ2) is 7.44. The maximum absolute atomic E-state index is 12.7. The molecule has 0 bridgehead atoms. The highest BCUT2D eigenvalue weighted by atomic mass is 32.1. The molecule has 4 N–H and O–H groups in total. The van der Waals surface area contributed by atoms with Gasteiger partial charge in [0.05, 0.1) is 12.6 Å². The zero-order valence-electron chi connectivity index (χ0n) is 15.6. The summed E-state index contributed by atoms with van der Waals surface area (Å²) in [5.74, 6) is -0.496. The fraction of sp³-hybridized carbons (Fsp3) is 0.429. The zero-order valence-corrected chi connectivity index (χ0v) is 16.5. The normalized spacial score (nSPS) is 19.2. The quantitative estimate of drug-likeness (QED) is 0.736. The summed E-state index contributed by atoms with van der Waals surface area (Å²) in [5, 5.41) is 3.61. The van der Waals surface area contributed by atoms with Crippen molar-refractivity contribution in [1.29, 1.82) is 0 Å². The van der Waals surface area contributed by atoms with Gasteiger partial charge in [0.15, 0.2) is 6.54 Å². The van der Waals surface area contributed by atoms with Crippen LogP contribution in [-0.2, 0) is 24.1 Å². The number of anilines is 1. The number of aryl methyl sites for hydroxylation is 2. The monoisotopic (exact) mass is 384 g/mol. The molecule has 4 rings (SSSR count). The van der Waals surface area contributed by atoms with E-state index in [1.807, 2.05) is 0 Å². The molecule has 2 amide bonds. The van der Waals surface area contributed by atoms with E-state index in [0.29, 0.717) is 23.2 Å².